The van der Waals surface area contributed by atoms with Gasteiger partial charge < -0.3 is 15.7 Å². The third-order valence-electron chi connectivity index (χ3n) is 2.68. The number of hydrogen-bond acceptors (Lipinski definition) is 2. The number of rotatable bonds is 5. The van der Waals surface area contributed by atoms with Gasteiger partial charge in [0, 0.05) is 6.54 Å². The normalized spacial score (nSPS) is 13.4. The van der Waals surface area contributed by atoms with Crippen molar-refractivity contribution < 1.29 is 14.7 Å². The maximum absolute atomic E-state index is 11.4. The first-order valence-corrected chi connectivity index (χ1v) is 5.46. The summed E-state index contributed by atoms with van der Waals surface area (Å²) in [6.07, 6.45) is 0. The molecule has 16 heavy (non-hydrogen) atoms. The molecule has 5 nitrogen and oxygen atoms in total. The van der Waals surface area contributed by atoms with Crippen LogP contribution in [-0.2, 0) is 4.79 Å². The van der Waals surface area contributed by atoms with Crippen molar-refractivity contribution in [3.05, 3.63) is 0 Å². The summed E-state index contributed by atoms with van der Waals surface area (Å²) in [5.41, 5.74) is -1.24. The number of carbonyl (C=O) groups is 2. The summed E-state index contributed by atoms with van der Waals surface area (Å²) in [4.78, 5) is 22.2. The van der Waals surface area contributed by atoms with E-state index in [9.17, 15) is 9.59 Å². The Kier molecular flexibility index (Phi) is 5.27. The van der Waals surface area contributed by atoms with Crippen LogP contribution < -0.4 is 10.6 Å². The number of carbonyl (C=O) groups excluding carboxylic acids is 1. The predicted octanol–water partition coefficient (Wildman–Crippen LogP) is 1.44. The summed E-state index contributed by atoms with van der Waals surface area (Å²) < 4.78 is 0. The maximum Gasteiger partial charge on any atom is 0.328 e. The summed E-state index contributed by atoms with van der Waals surface area (Å²) >= 11 is 0. The molecular weight excluding hydrogens is 208 g/mol. The highest BCUT2D eigenvalue weighted by Crippen LogP contribution is 2.07. The van der Waals surface area contributed by atoms with Crippen LogP contribution in [0.4, 0.5) is 4.79 Å². The summed E-state index contributed by atoms with van der Waals surface area (Å²) in [5, 5.41) is 13.9. The molecule has 0 saturated carbocycles. The standard InChI is InChI=1S/C11H22N2O3/c1-7(2)8(3)6-12-10(16)13-11(4,5)9(14)15/h7-8H,6H2,1-5H3,(H,14,15)(H2,12,13,16). The fourth-order valence-corrected chi connectivity index (χ4v) is 0.871. The number of nitrogens with one attached hydrogen (secondary N) is 2. The molecule has 0 aliphatic heterocycles. The van der Waals surface area contributed by atoms with Gasteiger partial charge in [-0.05, 0) is 25.7 Å². The van der Waals surface area contributed by atoms with E-state index in [2.05, 4.69) is 24.5 Å². The van der Waals surface area contributed by atoms with E-state index in [1.54, 1.807) is 0 Å². The minimum atomic E-state index is -1.24. The Bertz CT molecular complexity index is 262. The van der Waals surface area contributed by atoms with Gasteiger partial charge in [-0.15, -0.1) is 0 Å². The monoisotopic (exact) mass is 230 g/mol. The van der Waals surface area contributed by atoms with Crippen molar-refractivity contribution in [2.24, 2.45) is 11.8 Å². The lowest BCUT2D eigenvalue weighted by atomic mass is 9.98. The van der Waals surface area contributed by atoms with Crippen LogP contribution in [0.25, 0.3) is 0 Å². The molecule has 0 aliphatic carbocycles. The molecular formula is C11H22N2O3. The molecule has 2 amide bonds. The van der Waals surface area contributed by atoms with Gasteiger partial charge in [0.15, 0.2) is 0 Å². The van der Waals surface area contributed by atoms with Gasteiger partial charge in [-0.2, -0.15) is 0 Å². The first-order valence-electron chi connectivity index (χ1n) is 5.46. The molecule has 1 atom stereocenters. The van der Waals surface area contributed by atoms with Gasteiger partial charge in [-0.25, -0.2) is 9.59 Å². The van der Waals surface area contributed by atoms with Crippen LogP contribution in [0.3, 0.4) is 0 Å². The van der Waals surface area contributed by atoms with Gasteiger partial charge >= 0.3 is 12.0 Å². The smallest absolute Gasteiger partial charge is 0.328 e. The Hall–Kier alpha value is -1.26. The molecule has 94 valence electrons. The van der Waals surface area contributed by atoms with Gasteiger partial charge in [0.05, 0.1) is 0 Å². The Morgan fingerprint density at radius 1 is 1.25 bits per heavy atom. The van der Waals surface area contributed by atoms with Gasteiger partial charge in [0.1, 0.15) is 5.54 Å². The van der Waals surface area contributed by atoms with Gasteiger partial charge in [0.25, 0.3) is 0 Å². The molecule has 3 N–H and O–H groups in total. The summed E-state index contributed by atoms with van der Waals surface area (Å²) in [6, 6.07) is -0.445. The zero-order chi connectivity index (χ0) is 12.9. The van der Waals surface area contributed by atoms with Crippen molar-refractivity contribution in [3.63, 3.8) is 0 Å². The van der Waals surface area contributed by atoms with Crippen LogP contribution in [0, 0.1) is 11.8 Å². The minimum Gasteiger partial charge on any atom is -0.480 e. The molecule has 0 aromatic heterocycles. The molecule has 0 rings (SSSR count). The van der Waals surface area contributed by atoms with Gasteiger partial charge in [-0.3, -0.25) is 0 Å². The number of carboxylic acid groups (broad SMARTS) is 1. The van der Waals surface area contributed by atoms with E-state index >= 15 is 0 Å². The highest BCUT2D eigenvalue weighted by molar-refractivity contribution is 5.85. The van der Waals surface area contributed by atoms with Crippen LogP contribution in [0.1, 0.15) is 34.6 Å². The van der Waals surface area contributed by atoms with Crippen LogP contribution in [0.2, 0.25) is 0 Å². The topological polar surface area (TPSA) is 78.4 Å². The van der Waals surface area contributed by atoms with Gasteiger partial charge in [0.2, 0.25) is 0 Å². The number of hydrogen-bond donors (Lipinski definition) is 3. The minimum absolute atomic E-state index is 0.360. The zero-order valence-corrected chi connectivity index (χ0v) is 10.6. The van der Waals surface area contributed by atoms with Crippen molar-refractivity contribution >= 4 is 12.0 Å². The summed E-state index contributed by atoms with van der Waals surface area (Å²) in [6.45, 7) is 9.62. The molecule has 5 heteroatoms. The van der Waals surface area contributed by atoms with E-state index in [0.717, 1.165) is 0 Å². The van der Waals surface area contributed by atoms with Crippen LogP contribution in [-0.4, -0.2) is 29.2 Å². The molecule has 0 aromatic rings. The Balaban J connectivity index is 4.06. The number of carboxylic acids is 1. The van der Waals surface area contributed by atoms with Crippen molar-refractivity contribution in [3.8, 4) is 0 Å². The first kappa shape index (κ1) is 14.7. The fraction of sp³-hybridized carbons (Fsp3) is 0.818. The predicted molar refractivity (Wildman–Crippen MR) is 62.3 cm³/mol. The Morgan fingerprint density at radius 2 is 1.75 bits per heavy atom. The molecule has 0 heterocycles. The second-order valence-corrected chi connectivity index (χ2v) is 4.99. The maximum atomic E-state index is 11.4. The molecule has 0 fully saturated rings. The molecule has 0 bridgehead atoms. The Morgan fingerprint density at radius 3 is 2.12 bits per heavy atom. The third-order valence-corrected chi connectivity index (χ3v) is 2.68. The highest BCUT2D eigenvalue weighted by atomic mass is 16.4. The van der Waals surface area contributed by atoms with Crippen LogP contribution >= 0.6 is 0 Å². The van der Waals surface area contributed by atoms with E-state index in [1.165, 1.54) is 13.8 Å². The van der Waals surface area contributed by atoms with E-state index in [1.807, 2.05) is 6.92 Å². The lowest BCUT2D eigenvalue weighted by molar-refractivity contribution is -0.142. The van der Waals surface area contributed by atoms with Crippen molar-refractivity contribution in [1.82, 2.24) is 10.6 Å². The number of amides is 2. The van der Waals surface area contributed by atoms with E-state index in [4.69, 9.17) is 5.11 Å². The average Bonchev–Trinajstić information content (AvgIpc) is 2.12. The zero-order valence-electron chi connectivity index (χ0n) is 10.6. The fourth-order valence-electron chi connectivity index (χ4n) is 0.871. The molecule has 0 aliphatic rings. The highest BCUT2D eigenvalue weighted by Gasteiger charge is 2.28. The SMILES string of the molecule is CC(C)C(C)CNC(=O)NC(C)(C)C(=O)O. The quantitative estimate of drug-likeness (QED) is 0.668. The molecule has 0 spiro atoms. The number of aliphatic carboxylic acids is 1. The molecule has 0 radical (unpaired) electrons. The summed E-state index contributed by atoms with van der Waals surface area (Å²) in [5.74, 6) is -0.217. The lowest BCUT2D eigenvalue weighted by Gasteiger charge is -2.22. The van der Waals surface area contributed by atoms with Crippen molar-refractivity contribution in [2.75, 3.05) is 6.54 Å². The summed E-state index contributed by atoms with van der Waals surface area (Å²) in [7, 11) is 0. The van der Waals surface area contributed by atoms with E-state index in [-0.39, 0.29) is 0 Å². The Labute approximate surface area is 96.6 Å². The van der Waals surface area contributed by atoms with Crippen molar-refractivity contribution in [2.45, 2.75) is 40.2 Å². The van der Waals surface area contributed by atoms with E-state index in [0.29, 0.717) is 18.4 Å². The second-order valence-electron chi connectivity index (χ2n) is 4.99. The van der Waals surface area contributed by atoms with Crippen LogP contribution in [0.5, 0.6) is 0 Å². The third kappa shape index (κ3) is 5.00. The molecule has 0 saturated heterocycles. The van der Waals surface area contributed by atoms with Crippen LogP contribution in [0.15, 0.2) is 0 Å². The van der Waals surface area contributed by atoms with Crippen molar-refractivity contribution in [1.29, 1.82) is 0 Å². The van der Waals surface area contributed by atoms with E-state index < -0.39 is 17.5 Å². The number of urea groups is 1. The molecule has 0 aromatic carbocycles. The molecule has 1 unspecified atom stereocenters. The van der Waals surface area contributed by atoms with Gasteiger partial charge in [-0.1, -0.05) is 20.8 Å². The first-order chi connectivity index (χ1) is 7.16. The second kappa shape index (κ2) is 5.72. The largest absolute Gasteiger partial charge is 0.480 e. The average molecular weight is 230 g/mol. The lowest BCUT2D eigenvalue weighted by Crippen LogP contribution is -2.53.